The molecule has 2 aliphatic heterocycles. The number of aromatic nitrogens is 1. The van der Waals surface area contributed by atoms with E-state index >= 15 is 0 Å². The van der Waals surface area contributed by atoms with E-state index in [2.05, 4.69) is 4.98 Å². The van der Waals surface area contributed by atoms with Crippen molar-refractivity contribution in [2.45, 2.75) is 32.3 Å². The summed E-state index contributed by atoms with van der Waals surface area (Å²) in [5, 5.41) is 0.224. The van der Waals surface area contributed by atoms with E-state index < -0.39 is 0 Å². The van der Waals surface area contributed by atoms with Crippen LogP contribution in [0.1, 0.15) is 46.9 Å². The van der Waals surface area contributed by atoms with Gasteiger partial charge < -0.3 is 19.1 Å². The number of halogens is 1. The van der Waals surface area contributed by atoms with Gasteiger partial charge >= 0.3 is 0 Å². The topological polar surface area (TPSA) is 78.0 Å². The Labute approximate surface area is 179 Å². The number of ether oxygens (including phenoxy) is 3. The molecule has 7 nitrogen and oxygen atoms in total. The summed E-state index contributed by atoms with van der Waals surface area (Å²) in [7, 11) is 0. The van der Waals surface area contributed by atoms with Crippen LogP contribution in [-0.4, -0.2) is 54.0 Å². The number of amides is 1. The molecule has 0 N–H and O–H groups in total. The average Bonchev–Trinajstić information content (AvgIpc) is 2.68. The Morgan fingerprint density at radius 3 is 2.47 bits per heavy atom. The highest BCUT2D eigenvalue weighted by Gasteiger charge is 2.23. The first-order valence-corrected chi connectivity index (χ1v) is 10.4. The standard InChI is InChI=1S/C22H23ClN2O5/c1-14(26)15-9-18(29-17-3-7-28-8-4-17)12-19(10-15)30-21-20(23)11-16(13-24-21)22(27)25-5-2-6-25/h9-13,17H,2-8H2,1H3. The minimum absolute atomic E-state index is 0.0299. The molecule has 158 valence electrons. The molecule has 1 amide bonds. The van der Waals surface area contributed by atoms with E-state index in [0.29, 0.717) is 35.8 Å². The van der Waals surface area contributed by atoms with Gasteiger partial charge in [-0.05, 0) is 31.5 Å². The fraction of sp³-hybridized carbons (Fsp3) is 0.409. The molecule has 0 bridgehead atoms. The second-order valence-corrected chi connectivity index (χ2v) is 7.84. The van der Waals surface area contributed by atoms with E-state index in [4.69, 9.17) is 25.8 Å². The molecule has 0 atom stereocenters. The Hall–Kier alpha value is -2.64. The van der Waals surface area contributed by atoms with Crippen LogP contribution in [0.25, 0.3) is 0 Å². The molecule has 3 heterocycles. The molecule has 0 radical (unpaired) electrons. The van der Waals surface area contributed by atoms with Gasteiger partial charge in [-0.25, -0.2) is 4.98 Å². The van der Waals surface area contributed by atoms with Crippen LogP contribution in [0.5, 0.6) is 17.4 Å². The molecule has 2 aliphatic rings. The normalized spacial score (nSPS) is 16.7. The Kier molecular flexibility index (Phi) is 6.20. The molecule has 30 heavy (non-hydrogen) atoms. The Morgan fingerprint density at radius 1 is 1.10 bits per heavy atom. The van der Waals surface area contributed by atoms with Crippen molar-refractivity contribution in [1.29, 1.82) is 0 Å². The zero-order valence-electron chi connectivity index (χ0n) is 16.7. The first kappa shape index (κ1) is 20.6. The number of carbonyl (C=O) groups excluding carboxylic acids is 2. The summed E-state index contributed by atoms with van der Waals surface area (Å²) < 4.78 is 17.2. The van der Waals surface area contributed by atoms with Crippen molar-refractivity contribution < 1.29 is 23.8 Å². The number of ketones is 1. The third-order valence-corrected chi connectivity index (χ3v) is 5.44. The summed E-state index contributed by atoms with van der Waals surface area (Å²) in [4.78, 5) is 30.2. The highest BCUT2D eigenvalue weighted by Crippen LogP contribution is 2.32. The highest BCUT2D eigenvalue weighted by atomic mass is 35.5. The maximum absolute atomic E-state index is 12.3. The molecule has 1 aromatic heterocycles. The zero-order valence-corrected chi connectivity index (χ0v) is 17.5. The van der Waals surface area contributed by atoms with Crippen molar-refractivity contribution in [2.75, 3.05) is 26.3 Å². The lowest BCUT2D eigenvalue weighted by molar-refractivity contribution is 0.0254. The molecule has 4 rings (SSSR count). The van der Waals surface area contributed by atoms with Gasteiger partial charge in [-0.15, -0.1) is 0 Å². The van der Waals surface area contributed by atoms with Crippen LogP contribution in [0.4, 0.5) is 0 Å². The number of pyridine rings is 1. The summed E-state index contributed by atoms with van der Waals surface area (Å²) in [6.45, 7) is 4.30. The largest absolute Gasteiger partial charge is 0.490 e. The minimum atomic E-state index is -0.105. The number of benzene rings is 1. The minimum Gasteiger partial charge on any atom is -0.490 e. The molecule has 0 aliphatic carbocycles. The molecule has 2 aromatic rings. The van der Waals surface area contributed by atoms with Gasteiger partial charge in [-0.1, -0.05) is 11.6 Å². The molecular formula is C22H23ClN2O5. The van der Waals surface area contributed by atoms with Crippen molar-refractivity contribution in [3.8, 4) is 17.4 Å². The highest BCUT2D eigenvalue weighted by molar-refractivity contribution is 6.32. The third-order valence-electron chi connectivity index (χ3n) is 5.17. The lowest BCUT2D eigenvalue weighted by Gasteiger charge is -2.30. The number of hydrogen-bond donors (Lipinski definition) is 0. The maximum atomic E-state index is 12.3. The number of hydrogen-bond acceptors (Lipinski definition) is 6. The second-order valence-electron chi connectivity index (χ2n) is 7.44. The SMILES string of the molecule is CC(=O)c1cc(Oc2ncc(C(=O)N3CCC3)cc2Cl)cc(OC2CCOCC2)c1. The summed E-state index contributed by atoms with van der Waals surface area (Å²) in [5.74, 6) is 0.903. The summed E-state index contributed by atoms with van der Waals surface area (Å²) >= 11 is 6.32. The smallest absolute Gasteiger partial charge is 0.255 e. The Bertz CT molecular complexity index is 955. The van der Waals surface area contributed by atoms with E-state index in [1.165, 1.54) is 13.1 Å². The Morgan fingerprint density at radius 2 is 1.83 bits per heavy atom. The number of Topliss-reactive ketones (excluding diaryl/α,β-unsaturated/α-hetero) is 1. The van der Waals surface area contributed by atoms with E-state index in [1.807, 2.05) is 0 Å². The molecule has 8 heteroatoms. The molecule has 0 unspecified atom stereocenters. The van der Waals surface area contributed by atoms with E-state index in [1.54, 1.807) is 29.2 Å². The number of rotatable bonds is 6. The van der Waals surface area contributed by atoms with Crippen molar-refractivity contribution in [1.82, 2.24) is 9.88 Å². The fourth-order valence-electron chi connectivity index (χ4n) is 3.32. The van der Waals surface area contributed by atoms with Gasteiger partial charge in [0.1, 0.15) is 22.6 Å². The van der Waals surface area contributed by atoms with Crippen molar-refractivity contribution >= 4 is 23.3 Å². The number of carbonyl (C=O) groups is 2. The van der Waals surface area contributed by atoms with Crippen LogP contribution in [0.2, 0.25) is 5.02 Å². The maximum Gasteiger partial charge on any atom is 0.255 e. The average molecular weight is 431 g/mol. The van der Waals surface area contributed by atoms with Gasteiger partial charge in [0.2, 0.25) is 5.88 Å². The summed E-state index contributed by atoms with van der Waals surface area (Å²) in [6.07, 6.45) is 4.08. The van der Waals surface area contributed by atoms with Crippen LogP contribution in [0.3, 0.4) is 0 Å². The molecule has 2 fully saturated rings. The molecule has 0 spiro atoms. The van der Waals surface area contributed by atoms with Crippen molar-refractivity contribution in [2.24, 2.45) is 0 Å². The second kappa shape index (κ2) is 9.02. The van der Waals surface area contributed by atoms with Gasteiger partial charge in [-0.2, -0.15) is 0 Å². The predicted octanol–water partition coefficient (Wildman–Crippen LogP) is 4.13. The zero-order chi connectivity index (χ0) is 21.1. The van der Waals surface area contributed by atoms with Gasteiger partial charge in [-0.3, -0.25) is 9.59 Å². The van der Waals surface area contributed by atoms with Gasteiger partial charge in [0, 0.05) is 43.8 Å². The molecular weight excluding hydrogens is 408 g/mol. The van der Waals surface area contributed by atoms with Crippen LogP contribution in [-0.2, 0) is 4.74 Å². The number of nitrogens with zero attached hydrogens (tertiary/aromatic N) is 2. The molecule has 1 aromatic carbocycles. The van der Waals surface area contributed by atoms with Gasteiger partial charge in [0.25, 0.3) is 5.91 Å². The van der Waals surface area contributed by atoms with E-state index in [-0.39, 0.29) is 28.7 Å². The monoisotopic (exact) mass is 430 g/mol. The van der Waals surface area contributed by atoms with Crippen LogP contribution in [0, 0.1) is 0 Å². The van der Waals surface area contributed by atoms with Crippen LogP contribution < -0.4 is 9.47 Å². The lowest BCUT2D eigenvalue weighted by Crippen LogP contribution is -2.42. The summed E-state index contributed by atoms with van der Waals surface area (Å²) in [5.41, 5.74) is 0.892. The van der Waals surface area contributed by atoms with E-state index in [0.717, 1.165) is 32.4 Å². The van der Waals surface area contributed by atoms with Crippen LogP contribution in [0.15, 0.2) is 30.5 Å². The third kappa shape index (κ3) is 4.74. The van der Waals surface area contributed by atoms with E-state index in [9.17, 15) is 9.59 Å². The molecule has 2 saturated heterocycles. The fourth-order valence-corrected chi connectivity index (χ4v) is 3.52. The van der Waals surface area contributed by atoms with Gasteiger partial charge in [0.05, 0.1) is 18.8 Å². The number of likely N-dealkylation sites (tertiary alicyclic amines) is 1. The van der Waals surface area contributed by atoms with Crippen LogP contribution >= 0.6 is 11.6 Å². The Balaban J connectivity index is 1.54. The quantitative estimate of drug-likeness (QED) is 0.641. The first-order chi connectivity index (χ1) is 14.5. The van der Waals surface area contributed by atoms with Crippen molar-refractivity contribution in [3.05, 3.63) is 46.6 Å². The predicted molar refractivity (Wildman–Crippen MR) is 111 cm³/mol. The summed E-state index contributed by atoms with van der Waals surface area (Å²) in [6, 6.07) is 6.59. The van der Waals surface area contributed by atoms with Crippen molar-refractivity contribution in [3.63, 3.8) is 0 Å². The first-order valence-electron chi connectivity index (χ1n) is 10.0. The lowest BCUT2D eigenvalue weighted by atomic mass is 10.1. The van der Waals surface area contributed by atoms with Gasteiger partial charge in [0.15, 0.2) is 5.78 Å². The molecule has 0 saturated carbocycles.